The Morgan fingerprint density at radius 3 is 2.65 bits per heavy atom. The number of carbonyl (C=O) groups is 2. The molecule has 0 aliphatic carbocycles. The molecule has 3 rings (SSSR count). The first-order chi connectivity index (χ1) is 12.5. The van der Waals surface area contributed by atoms with Gasteiger partial charge in [-0.05, 0) is 36.5 Å². The fraction of sp³-hybridized carbons (Fsp3) is 0. The molecule has 1 aliphatic rings. The predicted molar refractivity (Wildman–Crippen MR) is 99.8 cm³/mol. The summed E-state index contributed by atoms with van der Waals surface area (Å²) in [5, 5.41) is 12.0. The molecule has 0 bridgehead atoms. The molecule has 2 aromatic rings. The summed E-state index contributed by atoms with van der Waals surface area (Å²) < 4.78 is 0.127. The summed E-state index contributed by atoms with van der Waals surface area (Å²) in [6.45, 7) is 0. The zero-order valence-electron chi connectivity index (χ0n) is 13.0. The number of thiocarbonyl (C=S) groups is 1. The van der Waals surface area contributed by atoms with Gasteiger partial charge in [-0.15, -0.1) is 0 Å². The molecule has 1 N–H and O–H groups in total. The Bertz CT molecular complexity index is 946. The van der Waals surface area contributed by atoms with Crippen molar-refractivity contribution in [1.29, 1.82) is 0 Å². The number of amides is 2. The van der Waals surface area contributed by atoms with Crippen molar-refractivity contribution in [2.45, 2.75) is 0 Å². The van der Waals surface area contributed by atoms with E-state index in [2.05, 4.69) is 10.4 Å². The molecule has 10 heteroatoms. The first-order valence-corrected chi connectivity index (χ1v) is 8.42. The summed E-state index contributed by atoms with van der Waals surface area (Å²) >= 11 is 6.08. The van der Waals surface area contributed by atoms with Gasteiger partial charge < -0.3 is 0 Å². The molecule has 0 atom stereocenters. The maximum absolute atomic E-state index is 12.5. The van der Waals surface area contributed by atoms with Crippen LogP contribution in [0.2, 0.25) is 0 Å². The van der Waals surface area contributed by atoms with Crippen LogP contribution in [0.15, 0.2) is 53.7 Å². The van der Waals surface area contributed by atoms with Crippen LogP contribution in [-0.2, 0) is 4.79 Å². The number of nitro benzene ring substituents is 1. The van der Waals surface area contributed by atoms with E-state index in [1.165, 1.54) is 48.8 Å². The van der Waals surface area contributed by atoms with Crippen LogP contribution in [0.5, 0.6) is 0 Å². The van der Waals surface area contributed by atoms with Gasteiger partial charge in [-0.2, -0.15) is 5.01 Å². The highest BCUT2D eigenvalue weighted by Crippen LogP contribution is 2.33. The van der Waals surface area contributed by atoms with Crippen molar-refractivity contribution in [2.24, 2.45) is 0 Å². The van der Waals surface area contributed by atoms with Gasteiger partial charge in [0.1, 0.15) is 0 Å². The van der Waals surface area contributed by atoms with Crippen LogP contribution in [-0.4, -0.2) is 31.1 Å². The lowest BCUT2D eigenvalue weighted by atomic mass is 10.1. The van der Waals surface area contributed by atoms with Crippen LogP contribution in [0.25, 0.3) is 6.08 Å². The molecular weight excluding hydrogens is 376 g/mol. The highest BCUT2D eigenvalue weighted by atomic mass is 32.2. The van der Waals surface area contributed by atoms with E-state index < -0.39 is 16.7 Å². The third kappa shape index (κ3) is 3.60. The molecule has 2 amide bonds. The Morgan fingerprint density at radius 2 is 1.96 bits per heavy atom. The molecule has 8 nitrogen and oxygen atoms in total. The number of benzene rings is 1. The zero-order valence-corrected chi connectivity index (χ0v) is 14.6. The minimum absolute atomic E-state index is 0.126. The van der Waals surface area contributed by atoms with Gasteiger partial charge in [-0.3, -0.25) is 30.1 Å². The standard InChI is InChI=1S/C16H10N4O4S2/c21-14(10-5-7-17-8-6-10)18-19-15(22)13(26-16(19)25)9-11-3-1-2-4-12(11)20(23)24/h1-9H,(H,18,21)/b13-9-. The summed E-state index contributed by atoms with van der Waals surface area (Å²) in [5.74, 6) is -1.07. The van der Waals surface area contributed by atoms with E-state index in [1.54, 1.807) is 6.07 Å². The number of carbonyl (C=O) groups excluding carboxylic acids is 2. The molecule has 26 heavy (non-hydrogen) atoms. The van der Waals surface area contributed by atoms with Gasteiger partial charge >= 0.3 is 0 Å². The molecule has 2 heterocycles. The van der Waals surface area contributed by atoms with Gasteiger partial charge in [0.25, 0.3) is 17.5 Å². The fourth-order valence-electron chi connectivity index (χ4n) is 2.15. The molecule has 0 spiro atoms. The number of nitro groups is 1. The number of hydrogen-bond acceptors (Lipinski definition) is 7. The smallest absolute Gasteiger partial charge is 0.267 e. The maximum atomic E-state index is 12.5. The van der Waals surface area contributed by atoms with Crippen molar-refractivity contribution in [1.82, 2.24) is 15.4 Å². The van der Waals surface area contributed by atoms with Gasteiger partial charge in [-0.1, -0.05) is 23.9 Å². The van der Waals surface area contributed by atoms with Crippen molar-refractivity contribution < 1.29 is 14.5 Å². The first kappa shape index (κ1) is 17.7. The number of pyridine rings is 1. The van der Waals surface area contributed by atoms with Crippen molar-refractivity contribution >= 4 is 51.9 Å². The number of rotatable bonds is 4. The Morgan fingerprint density at radius 1 is 1.27 bits per heavy atom. The van der Waals surface area contributed by atoms with E-state index >= 15 is 0 Å². The van der Waals surface area contributed by atoms with Gasteiger partial charge in [0.15, 0.2) is 4.32 Å². The van der Waals surface area contributed by atoms with Crippen molar-refractivity contribution in [2.75, 3.05) is 0 Å². The van der Waals surface area contributed by atoms with Crippen molar-refractivity contribution in [3.05, 3.63) is 74.9 Å². The van der Waals surface area contributed by atoms with E-state index in [4.69, 9.17) is 12.2 Å². The summed E-state index contributed by atoms with van der Waals surface area (Å²) in [6.07, 6.45) is 4.29. The van der Waals surface area contributed by atoms with E-state index in [1.807, 2.05) is 0 Å². The molecule has 1 fully saturated rings. The lowest BCUT2D eigenvalue weighted by Gasteiger charge is -2.15. The number of hydrogen-bond donors (Lipinski definition) is 1. The third-order valence-corrected chi connectivity index (χ3v) is 4.67. The quantitative estimate of drug-likeness (QED) is 0.372. The predicted octanol–water partition coefficient (Wildman–Crippen LogP) is 2.54. The fourth-order valence-corrected chi connectivity index (χ4v) is 3.32. The SMILES string of the molecule is O=C(NN1C(=O)/C(=C/c2ccccc2[N+](=O)[O-])SC1=S)c1ccncc1. The largest absolute Gasteiger partial charge is 0.285 e. The molecule has 0 unspecified atom stereocenters. The van der Waals surface area contributed by atoms with Crippen LogP contribution in [0, 0.1) is 10.1 Å². The monoisotopic (exact) mass is 386 g/mol. The molecule has 1 aromatic heterocycles. The number of hydrazine groups is 1. The summed E-state index contributed by atoms with van der Waals surface area (Å²) in [4.78, 5) is 39.3. The Kier molecular flexibility index (Phi) is 5.05. The lowest BCUT2D eigenvalue weighted by Crippen LogP contribution is -2.44. The highest BCUT2D eigenvalue weighted by molar-refractivity contribution is 8.26. The topological polar surface area (TPSA) is 105 Å². The minimum Gasteiger partial charge on any atom is -0.267 e. The number of nitrogens with zero attached hydrogens (tertiary/aromatic N) is 3. The van der Waals surface area contributed by atoms with Crippen LogP contribution < -0.4 is 5.43 Å². The molecular formula is C16H10N4O4S2. The van der Waals surface area contributed by atoms with E-state index in [-0.39, 0.29) is 20.5 Å². The second kappa shape index (κ2) is 7.42. The summed E-state index contributed by atoms with van der Waals surface area (Å²) in [6, 6.07) is 9.03. The van der Waals surface area contributed by atoms with Gasteiger partial charge in [-0.25, -0.2) is 0 Å². The second-order valence-corrected chi connectivity index (χ2v) is 6.69. The molecule has 130 valence electrons. The van der Waals surface area contributed by atoms with E-state index in [0.717, 1.165) is 16.8 Å². The summed E-state index contributed by atoms with van der Waals surface area (Å²) in [7, 11) is 0. The number of para-hydroxylation sites is 1. The average molecular weight is 386 g/mol. The highest BCUT2D eigenvalue weighted by Gasteiger charge is 2.34. The summed E-state index contributed by atoms with van der Waals surface area (Å²) in [5.41, 5.74) is 2.89. The normalized spacial score (nSPS) is 15.4. The Balaban J connectivity index is 1.83. The lowest BCUT2D eigenvalue weighted by molar-refractivity contribution is -0.385. The zero-order chi connectivity index (χ0) is 18.7. The van der Waals surface area contributed by atoms with Crippen LogP contribution >= 0.6 is 24.0 Å². The van der Waals surface area contributed by atoms with E-state index in [9.17, 15) is 19.7 Å². The van der Waals surface area contributed by atoms with E-state index in [0.29, 0.717) is 5.56 Å². The number of nitrogens with one attached hydrogen (secondary N) is 1. The molecule has 0 radical (unpaired) electrons. The van der Waals surface area contributed by atoms with Crippen LogP contribution in [0.1, 0.15) is 15.9 Å². The molecule has 1 aromatic carbocycles. The van der Waals surface area contributed by atoms with Crippen LogP contribution in [0.3, 0.4) is 0 Å². The number of thioether (sulfide) groups is 1. The molecule has 1 aliphatic heterocycles. The molecule has 0 saturated carbocycles. The first-order valence-electron chi connectivity index (χ1n) is 7.20. The van der Waals surface area contributed by atoms with Gasteiger partial charge in [0, 0.05) is 24.0 Å². The van der Waals surface area contributed by atoms with Crippen molar-refractivity contribution in [3.63, 3.8) is 0 Å². The second-order valence-electron chi connectivity index (χ2n) is 5.01. The molecule has 1 saturated heterocycles. The Hall–Kier alpha value is -3.11. The van der Waals surface area contributed by atoms with Crippen LogP contribution in [0.4, 0.5) is 5.69 Å². The number of aromatic nitrogens is 1. The Labute approximate surface area is 157 Å². The van der Waals surface area contributed by atoms with Gasteiger partial charge in [0.05, 0.1) is 15.4 Å². The van der Waals surface area contributed by atoms with Crippen molar-refractivity contribution in [3.8, 4) is 0 Å². The minimum atomic E-state index is -0.555. The van der Waals surface area contributed by atoms with Gasteiger partial charge in [0.2, 0.25) is 0 Å². The maximum Gasteiger partial charge on any atom is 0.285 e. The third-order valence-electron chi connectivity index (χ3n) is 3.37. The average Bonchev–Trinajstić information content (AvgIpc) is 2.90.